The molecular formula is C16H16F3NO3S. The van der Waals surface area contributed by atoms with Crippen LogP contribution in [0.15, 0.2) is 53.4 Å². The molecule has 0 fully saturated rings. The lowest BCUT2D eigenvalue weighted by Gasteiger charge is -2.17. The van der Waals surface area contributed by atoms with Crippen molar-refractivity contribution >= 4 is 10.0 Å². The zero-order valence-corrected chi connectivity index (χ0v) is 13.8. The van der Waals surface area contributed by atoms with Crippen molar-refractivity contribution in [2.45, 2.75) is 24.0 Å². The Balaban J connectivity index is 2.30. The second-order valence-electron chi connectivity index (χ2n) is 5.12. The van der Waals surface area contributed by atoms with Gasteiger partial charge < -0.3 is 4.74 Å². The van der Waals surface area contributed by atoms with Crippen molar-refractivity contribution in [2.75, 3.05) is 7.11 Å². The molecular weight excluding hydrogens is 343 g/mol. The minimum Gasteiger partial charge on any atom is -0.495 e. The number of para-hydroxylation sites is 1. The molecule has 2 aromatic carbocycles. The molecule has 0 aliphatic heterocycles. The van der Waals surface area contributed by atoms with Gasteiger partial charge in [-0.3, -0.25) is 0 Å². The highest BCUT2D eigenvalue weighted by Crippen LogP contribution is 2.31. The number of sulfonamides is 1. The summed E-state index contributed by atoms with van der Waals surface area (Å²) in [5.74, 6) is 0.154. The summed E-state index contributed by atoms with van der Waals surface area (Å²) >= 11 is 0. The molecule has 0 saturated heterocycles. The third-order valence-corrected chi connectivity index (χ3v) is 4.98. The summed E-state index contributed by atoms with van der Waals surface area (Å²) in [6.07, 6.45) is -4.49. The van der Waals surface area contributed by atoms with Gasteiger partial charge in [0.15, 0.2) is 0 Å². The van der Waals surface area contributed by atoms with Crippen LogP contribution in [-0.2, 0) is 16.2 Å². The molecule has 0 bridgehead atoms. The summed E-state index contributed by atoms with van der Waals surface area (Å²) in [5.41, 5.74) is -0.619. The molecule has 1 atom stereocenters. The van der Waals surface area contributed by atoms with E-state index in [9.17, 15) is 21.6 Å². The van der Waals surface area contributed by atoms with Gasteiger partial charge in [-0.1, -0.05) is 24.3 Å². The third kappa shape index (κ3) is 4.07. The smallest absolute Gasteiger partial charge is 0.416 e. The van der Waals surface area contributed by atoms with E-state index < -0.39 is 27.8 Å². The maximum Gasteiger partial charge on any atom is 0.416 e. The van der Waals surface area contributed by atoms with E-state index in [2.05, 4.69) is 4.72 Å². The molecule has 0 amide bonds. The van der Waals surface area contributed by atoms with E-state index in [0.717, 1.165) is 12.1 Å². The lowest BCUT2D eigenvalue weighted by atomic mass is 10.1. The van der Waals surface area contributed by atoms with Crippen molar-refractivity contribution in [1.29, 1.82) is 0 Å². The van der Waals surface area contributed by atoms with Crippen molar-refractivity contribution in [3.8, 4) is 5.75 Å². The molecule has 8 heteroatoms. The number of hydrogen-bond acceptors (Lipinski definition) is 3. The molecule has 2 rings (SSSR count). The SMILES string of the molecule is COc1ccccc1S(=O)(=O)NC(C)c1cccc(C(F)(F)F)c1. The Bertz CT molecular complexity index is 819. The molecule has 1 unspecified atom stereocenters. The van der Waals surface area contributed by atoms with Gasteiger partial charge in [0.2, 0.25) is 10.0 Å². The first-order valence-electron chi connectivity index (χ1n) is 6.97. The largest absolute Gasteiger partial charge is 0.495 e. The molecule has 4 nitrogen and oxygen atoms in total. The van der Waals surface area contributed by atoms with E-state index in [4.69, 9.17) is 4.74 Å². The van der Waals surface area contributed by atoms with Crippen LogP contribution >= 0.6 is 0 Å². The summed E-state index contributed by atoms with van der Waals surface area (Å²) in [6, 6.07) is 9.70. The maximum atomic E-state index is 12.8. The topological polar surface area (TPSA) is 55.4 Å². The Morgan fingerprint density at radius 3 is 2.38 bits per heavy atom. The van der Waals surface area contributed by atoms with Crippen molar-refractivity contribution < 1.29 is 26.3 Å². The number of methoxy groups -OCH3 is 1. The number of benzene rings is 2. The number of alkyl halides is 3. The summed E-state index contributed by atoms with van der Waals surface area (Å²) < 4.78 is 70.6. The van der Waals surface area contributed by atoms with Gasteiger partial charge in [-0.15, -0.1) is 0 Å². The van der Waals surface area contributed by atoms with Gasteiger partial charge in [-0.25, -0.2) is 13.1 Å². The van der Waals surface area contributed by atoms with Crippen LogP contribution in [0, 0.1) is 0 Å². The second-order valence-corrected chi connectivity index (χ2v) is 6.80. The van der Waals surface area contributed by atoms with E-state index >= 15 is 0 Å². The van der Waals surface area contributed by atoms with Crippen LogP contribution in [0.2, 0.25) is 0 Å². The third-order valence-electron chi connectivity index (χ3n) is 3.40. The fraction of sp³-hybridized carbons (Fsp3) is 0.250. The van der Waals surface area contributed by atoms with Crippen LogP contribution in [0.1, 0.15) is 24.1 Å². The highest BCUT2D eigenvalue weighted by atomic mass is 32.2. The summed E-state index contributed by atoms with van der Waals surface area (Å²) in [6.45, 7) is 1.47. The first-order chi connectivity index (χ1) is 11.1. The number of ether oxygens (including phenoxy) is 1. The molecule has 1 N–H and O–H groups in total. The fourth-order valence-corrected chi connectivity index (χ4v) is 3.59. The van der Waals surface area contributed by atoms with Crippen LogP contribution in [0.4, 0.5) is 13.2 Å². The lowest BCUT2D eigenvalue weighted by Crippen LogP contribution is -2.27. The van der Waals surface area contributed by atoms with Gasteiger partial charge in [-0.05, 0) is 36.8 Å². The molecule has 2 aromatic rings. The number of hydrogen-bond donors (Lipinski definition) is 1. The predicted octanol–water partition coefficient (Wildman–Crippen LogP) is 3.75. The molecule has 0 radical (unpaired) electrons. The first kappa shape index (κ1) is 18.3. The minimum atomic E-state index is -4.49. The molecule has 0 saturated carbocycles. The van der Waals surface area contributed by atoms with Crippen molar-refractivity contribution in [3.05, 3.63) is 59.7 Å². The molecule has 0 heterocycles. The van der Waals surface area contributed by atoms with E-state index in [0.29, 0.717) is 0 Å². The van der Waals surface area contributed by atoms with Crippen LogP contribution in [0.25, 0.3) is 0 Å². The fourth-order valence-electron chi connectivity index (χ4n) is 2.19. The minimum absolute atomic E-state index is 0.0775. The molecule has 0 aliphatic carbocycles. The van der Waals surface area contributed by atoms with Gasteiger partial charge in [-0.2, -0.15) is 13.2 Å². The molecule has 0 aliphatic rings. The maximum absolute atomic E-state index is 12.8. The van der Waals surface area contributed by atoms with Gasteiger partial charge in [0, 0.05) is 6.04 Å². The summed E-state index contributed by atoms with van der Waals surface area (Å²) in [7, 11) is -2.62. The Morgan fingerprint density at radius 1 is 1.08 bits per heavy atom. The quantitative estimate of drug-likeness (QED) is 0.885. The number of nitrogens with one attached hydrogen (secondary N) is 1. The van der Waals surface area contributed by atoms with Crippen molar-refractivity contribution in [3.63, 3.8) is 0 Å². The van der Waals surface area contributed by atoms with Crippen LogP contribution in [-0.4, -0.2) is 15.5 Å². The Labute approximate surface area is 138 Å². The lowest BCUT2D eigenvalue weighted by molar-refractivity contribution is -0.137. The van der Waals surface area contributed by atoms with Crippen LogP contribution in [0.3, 0.4) is 0 Å². The second kappa shape index (κ2) is 6.82. The first-order valence-corrected chi connectivity index (χ1v) is 8.46. The molecule has 0 aromatic heterocycles. The Kier molecular flexibility index (Phi) is 5.19. The number of rotatable bonds is 5. The van der Waals surface area contributed by atoms with Crippen LogP contribution < -0.4 is 9.46 Å². The Morgan fingerprint density at radius 2 is 1.75 bits per heavy atom. The average Bonchev–Trinajstić information content (AvgIpc) is 2.53. The summed E-state index contributed by atoms with van der Waals surface area (Å²) in [4.78, 5) is -0.0775. The van der Waals surface area contributed by atoms with E-state index in [-0.39, 0.29) is 16.2 Å². The summed E-state index contributed by atoms with van der Waals surface area (Å²) in [5, 5.41) is 0. The predicted molar refractivity (Wildman–Crippen MR) is 83.2 cm³/mol. The van der Waals surface area contributed by atoms with Crippen LogP contribution in [0.5, 0.6) is 5.75 Å². The zero-order chi connectivity index (χ0) is 18.0. The molecule has 0 spiro atoms. The zero-order valence-electron chi connectivity index (χ0n) is 13.0. The molecule has 24 heavy (non-hydrogen) atoms. The number of halogens is 3. The normalized spacial score (nSPS) is 13.5. The van der Waals surface area contributed by atoms with Crippen molar-refractivity contribution in [2.24, 2.45) is 0 Å². The van der Waals surface area contributed by atoms with Gasteiger partial charge in [0.1, 0.15) is 10.6 Å². The monoisotopic (exact) mass is 359 g/mol. The van der Waals surface area contributed by atoms with Crippen molar-refractivity contribution in [1.82, 2.24) is 4.72 Å². The van der Waals surface area contributed by atoms with E-state index in [1.165, 1.54) is 44.4 Å². The van der Waals surface area contributed by atoms with Gasteiger partial charge >= 0.3 is 6.18 Å². The van der Waals surface area contributed by atoms with E-state index in [1.807, 2.05) is 0 Å². The average molecular weight is 359 g/mol. The standard InChI is InChI=1S/C16H16F3NO3S/c1-11(12-6-5-7-13(10-12)16(17,18)19)20-24(21,22)15-9-4-3-8-14(15)23-2/h3-11,20H,1-2H3. The van der Waals surface area contributed by atoms with Gasteiger partial charge in [0.05, 0.1) is 12.7 Å². The highest BCUT2D eigenvalue weighted by molar-refractivity contribution is 7.89. The Hall–Kier alpha value is -2.06. The molecule has 130 valence electrons. The van der Waals surface area contributed by atoms with E-state index in [1.54, 1.807) is 6.07 Å². The highest BCUT2D eigenvalue weighted by Gasteiger charge is 2.31. The van der Waals surface area contributed by atoms with Gasteiger partial charge in [0.25, 0.3) is 0 Å².